The molecule has 2 aliphatic heterocycles. The van der Waals surface area contributed by atoms with Gasteiger partial charge in [0.1, 0.15) is 6.04 Å². The third kappa shape index (κ3) is 9.72. The molecule has 1 unspecified atom stereocenters. The number of imide groups is 1. The number of likely N-dealkylation sites (N-methyl/N-ethyl adjacent to an activating group) is 1. The largest absolute Gasteiger partial charge is 0.379 e. The van der Waals surface area contributed by atoms with E-state index < -0.39 is 11.9 Å². The van der Waals surface area contributed by atoms with Gasteiger partial charge in [0.15, 0.2) is 0 Å². The Kier molecular flexibility index (Phi) is 13.7. The Bertz CT molecular complexity index is 897. The van der Waals surface area contributed by atoms with Crippen LogP contribution in [0.1, 0.15) is 40.7 Å². The summed E-state index contributed by atoms with van der Waals surface area (Å²) < 4.78 is 27.5. The van der Waals surface area contributed by atoms with E-state index in [0.29, 0.717) is 84.6 Å². The summed E-state index contributed by atoms with van der Waals surface area (Å²) in [4.78, 5) is 38.2. The molecule has 0 bridgehead atoms. The minimum atomic E-state index is -0.596. The van der Waals surface area contributed by atoms with E-state index in [9.17, 15) is 14.4 Å². The minimum absolute atomic E-state index is 0.147. The summed E-state index contributed by atoms with van der Waals surface area (Å²) >= 11 is 0. The lowest BCUT2D eigenvalue weighted by Gasteiger charge is -2.29. The molecular weight excluding hydrogens is 494 g/mol. The molecular formula is C27H41N3O8. The highest BCUT2D eigenvalue weighted by atomic mass is 16.6. The SMILES string of the molecule is CNCCOCCOCCOCCOCCOCCCc1cccc2c1CN(C1CCC(=O)NC1=O)C2=O. The summed E-state index contributed by atoms with van der Waals surface area (Å²) in [6.45, 7) is 6.72. The topological polar surface area (TPSA) is 125 Å². The van der Waals surface area contributed by atoms with Crippen molar-refractivity contribution >= 4 is 17.7 Å². The van der Waals surface area contributed by atoms with Crippen LogP contribution in [-0.4, -0.2) is 108 Å². The van der Waals surface area contributed by atoms with Crippen LogP contribution in [0, 0.1) is 0 Å². The Morgan fingerprint density at radius 3 is 2.08 bits per heavy atom. The number of fused-ring (bicyclic) bond motifs is 1. The molecule has 11 heteroatoms. The van der Waals surface area contributed by atoms with Crippen LogP contribution in [0.3, 0.4) is 0 Å². The first-order chi connectivity index (χ1) is 18.6. The van der Waals surface area contributed by atoms with Crippen molar-refractivity contribution in [3.63, 3.8) is 0 Å². The van der Waals surface area contributed by atoms with Gasteiger partial charge in [-0.2, -0.15) is 0 Å². The number of rotatable bonds is 20. The van der Waals surface area contributed by atoms with E-state index in [1.165, 1.54) is 0 Å². The van der Waals surface area contributed by atoms with E-state index in [-0.39, 0.29) is 18.2 Å². The lowest BCUT2D eigenvalue weighted by Crippen LogP contribution is -2.52. The van der Waals surface area contributed by atoms with E-state index in [4.69, 9.17) is 23.7 Å². The van der Waals surface area contributed by atoms with Crippen molar-refractivity contribution in [2.45, 2.75) is 38.3 Å². The molecule has 38 heavy (non-hydrogen) atoms. The normalized spacial score (nSPS) is 17.2. The third-order valence-corrected chi connectivity index (χ3v) is 6.40. The Hall–Kier alpha value is -2.41. The Balaban J connectivity index is 1.20. The Morgan fingerprint density at radius 2 is 1.47 bits per heavy atom. The fraction of sp³-hybridized carbons (Fsp3) is 0.667. The number of nitrogens with one attached hydrogen (secondary N) is 2. The number of benzene rings is 1. The second kappa shape index (κ2) is 17.2. The minimum Gasteiger partial charge on any atom is -0.379 e. The number of piperidine rings is 1. The molecule has 2 heterocycles. The van der Waals surface area contributed by atoms with E-state index in [1.54, 1.807) is 11.0 Å². The molecule has 212 valence electrons. The zero-order chi connectivity index (χ0) is 27.0. The molecule has 0 radical (unpaired) electrons. The lowest BCUT2D eigenvalue weighted by molar-refractivity contribution is -0.136. The summed E-state index contributed by atoms with van der Waals surface area (Å²) in [6, 6.07) is 5.11. The van der Waals surface area contributed by atoms with Crippen LogP contribution in [0.15, 0.2) is 18.2 Å². The van der Waals surface area contributed by atoms with Crippen LogP contribution in [0.2, 0.25) is 0 Å². The van der Waals surface area contributed by atoms with Gasteiger partial charge in [0, 0.05) is 31.7 Å². The van der Waals surface area contributed by atoms with Gasteiger partial charge in [0.2, 0.25) is 11.8 Å². The third-order valence-electron chi connectivity index (χ3n) is 6.40. The smallest absolute Gasteiger partial charge is 0.255 e. The fourth-order valence-electron chi connectivity index (χ4n) is 4.40. The van der Waals surface area contributed by atoms with Crippen molar-refractivity contribution in [3.05, 3.63) is 34.9 Å². The molecule has 1 atom stereocenters. The molecule has 3 rings (SSSR count). The molecule has 11 nitrogen and oxygen atoms in total. The highest BCUT2D eigenvalue weighted by Crippen LogP contribution is 2.30. The van der Waals surface area contributed by atoms with Gasteiger partial charge in [0.25, 0.3) is 5.91 Å². The number of nitrogens with zero attached hydrogens (tertiary/aromatic N) is 1. The molecule has 0 saturated carbocycles. The number of hydrogen-bond donors (Lipinski definition) is 2. The number of carbonyl (C=O) groups excluding carboxylic acids is 3. The van der Waals surface area contributed by atoms with Crippen LogP contribution >= 0.6 is 0 Å². The van der Waals surface area contributed by atoms with E-state index in [2.05, 4.69) is 10.6 Å². The molecule has 0 aliphatic carbocycles. The van der Waals surface area contributed by atoms with Crippen molar-refractivity contribution in [3.8, 4) is 0 Å². The Labute approximate surface area is 224 Å². The predicted octanol–water partition coefficient (Wildman–Crippen LogP) is 0.683. The molecule has 3 amide bonds. The maximum absolute atomic E-state index is 12.9. The van der Waals surface area contributed by atoms with Crippen LogP contribution in [0.4, 0.5) is 0 Å². The Morgan fingerprint density at radius 1 is 0.868 bits per heavy atom. The van der Waals surface area contributed by atoms with Crippen molar-refractivity contribution in [2.24, 2.45) is 0 Å². The van der Waals surface area contributed by atoms with Gasteiger partial charge in [-0.05, 0) is 43.5 Å². The van der Waals surface area contributed by atoms with Gasteiger partial charge in [-0.1, -0.05) is 12.1 Å². The molecule has 0 aromatic heterocycles. The van der Waals surface area contributed by atoms with Crippen molar-refractivity contribution in [2.75, 3.05) is 79.7 Å². The van der Waals surface area contributed by atoms with Gasteiger partial charge < -0.3 is 33.9 Å². The number of hydrogen-bond acceptors (Lipinski definition) is 9. The summed E-state index contributed by atoms with van der Waals surface area (Å²) in [7, 11) is 1.89. The number of ether oxygens (including phenoxy) is 5. The maximum atomic E-state index is 12.9. The molecule has 1 aromatic carbocycles. The average Bonchev–Trinajstić information content (AvgIpc) is 3.24. The molecule has 2 aliphatic rings. The molecule has 1 saturated heterocycles. The summed E-state index contributed by atoms with van der Waals surface area (Å²) in [5, 5.41) is 5.35. The predicted molar refractivity (Wildman–Crippen MR) is 139 cm³/mol. The highest BCUT2D eigenvalue weighted by molar-refractivity contribution is 6.05. The van der Waals surface area contributed by atoms with E-state index in [0.717, 1.165) is 30.5 Å². The lowest BCUT2D eigenvalue weighted by atomic mass is 10.00. The van der Waals surface area contributed by atoms with Crippen LogP contribution in [0.25, 0.3) is 0 Å². The second-order valence-electron chi connectivity index (χ2n) is 9.11. The van der Waals surface area contributed by atoms with Gasteiger partial charge in [-0.25, -0.2) is 0 Å². The first-order valence-corrected chi connectivity index (χ1v) is 13.4. The second-order valence-corrected chi connectivity index (χ2v) is 9.11. The maximum Gasteiger partial charge on any atom is 0.255 e. The van der Waals surface area contributed by atoms with Crippen molar-refractivity contribution < 1.29 is 38.1 Å². The highest BCUT2D eigenvalue weighted by Gasteiger charge is 2.39. The zero-order valence-electron chi connectivity index (χ0n) is 22.3. The van der Waals surface area contributed by atoms with Crippen molar-refractivity contribution in [1.82, 2.24) is 15.5 Å². The van der Waals surface area contributed by atoms with Crippen LogP contribution in [0.5, 0.6) is 0 Å². The van der Waals surface area contributed by atoms with Gasteiger partial charge in [0.05, 0.1) is 59.5 Å². The van der Waals surface area contributed by atoms with Crippen LogP contribution in [-0.2, 0) is 46.2 Å². The van der Waals surface area contributed by atoms with E-state index >= 15 is 0 Å². The number of amides is 3. The standard InChI is InChI=1S/C27H41N3O8/c1-28-9-11-35-13-15-37-17-19-38-18-16-36-14-12-34-10-3-5-21-4-2-6-22-23(21)20-30(27(22)33)24-7-8-25(31)29-26(24)32/h2,4,6,24,28H,3,5,7-20H2,1H3,(H,29,31,32). The van der Waals surface area contributed by atoms with Crippen molar-refractivity contribution in [1.29, 1.82) is 0 Å². The molecule has 1 fully saturated rings. The number of carbonyl (C=O) groups is 3. The first kappa shape index (κ1) is 30.1. The van der Waals surface area contributed by atoms with Crippen LogP contribution < -0.4 is 10.6 Å². The van der Waals surface area contributed by atoms with Gasteiger partial charge in [-0.15, -0.1) is 0 Å². The summed E-state index contributed by atoms with van der Waals surface area (Å²) in [6.07, 6.45) is 2.20. The van der Waals surface area contributed by atoms with Gasteiger partial charge in [-0.3, -0.25) is 19.7 Å². The molecule has 1 aromatic rings. The first-order valence-electron chi connectivity index (χ1n) is 13.4. The summed E-state index contributed by atoms with van der Waals surface area (Å²) in [5.74, 6) is -0.821. The quantitative estimate of drug-likeness (QED) is 0.183. The fourth-order valence-corrected chi connectivity index (χ4v) is 4.40. The van der Waals surface area contributed by atoms with E-state index in [1.807, 2.05) is 19.2 Å². The average molecular weight is 536 g/mol. The van der Waals surface area contributed by atoms with Gasteiger partial charge >= 0.3 is 0 Å². The molecule has 2 N–H and O–H groups in total. The summed E-state index contributed by atoms with van der Waals surface area (Å²) in [5.41, 5.74) is 2.70. The number of aryl methyl sites for hydroxylation is 1. The molecule has 0 spiro atoms. The monoisotopic (exact) mass is 535 g/mol. The zero-order valence-corrected chi connectivity index (χ0v) is 22.3.